The highest BCUT2D eigenvalue weighted by Gasteiger charge is 2.60. The van der Waals surface area contributed by atoms with Gasteiger partial charge in [0.05, 0.1) is 20.3 Å². The van der Waals surface area contributed by atoms with Crippen molar-refractivity contribution in [2.75, 3.05) is 14.2 Å². The molecule has 0 saturated heterocycles. The van der Waals surface area contributed by atoms with Crippen molar-refractivity contribution < 1.29 is 28.5 Å². The van der Waals surface area contributed by atoms with Gasteiger partial charge >= 0.3 is 0 Å². The predicted octanol–water partition coefficient (Wildman–Crippen LogP) is 3.59. The maximum Gasteiger partial charge on any atom is 0.236 e. The van der Waals surface area contributed by atoms with Crippen molar-refractivity contribution in [3.63, 3.8) is 0 Å². The van der Waals surface area contributed by atoms with Crippen LogP contribution in [0.1, 0.15) is 37.6 Å². The van der Waals surface area contributed by atoms with Crippen LogP contribution in [-0.4, -0.2) is 37.5 Å². The number of carbonyl (C=O) groups is 2. The average Bonchev–Trinajstić information content (AvgIpc) is 2.89. The van der Waals surface area contributed by atoms with Crippen molar-refractivity contribution in [2.24, 2.45) is 5.92 Å². The second-order valence-corrected chi connectivity index (χ2v) is 7.09. The lowest BCUT2D eigenvalue weighted by Gasteiger charge is -2.35. The molecular weight excluding hydrogens is 360 g/mol. The van der Waals surface area contributed by atoms with Gasteiger partial charge in [0.1, 0.15) is 27.8 Å². The van der Waals surface area contributed by atoms with E-state index in [9.17, 15) is 9.59 Å². The lowest BCUT2D eigenvalue weighted by Crippen LogP contribution is -2.55. The first-order valence-corrected chi connectivity index (χ1v) is 8.74. The Bertz CT molecular complexity index is 813. The molecule has 6 nitrogen and oxygen atoms in total. The van der Waals surface area contributed by atoms with E-state index in [4.69, 9.17) is 30.5 Å². The molecule has 7 heteroatoms. The quantitative estimate of drug-likeness (QED) is 0.743. The minimum absolute atomic E-state index is 0.0634. The molecular formula is C19H21ClO6. The monoisotopic (exact) mass is 380 g/mol. The molecule has 0 saturated carbocycles. The molecule has 1 aliphatic heterocycles. The first-order valence-electron chi connectivity index (χ1n) is 8.36. The number of halogens is 1. The molecule has 1 spiro atoms. The number of fused-ring (bicyclic) bond motifs is 1. The minimum atomic E-state index is -1.66. The van der Waals surface area contributed by atoms with Gasteiger partial charge in [0.15, 0.2) is 5.75 Å². The maximum atomic E-state index is 13.3. The number of carbonyl (C=O) groups excluding carboxylic acids is 2. The molecule has 0 fully saturated rings. The first kappa shape index (κ1) is 18.6. The first-order chi connectivity index (χ1) is 12.3. The maximum absolute atomic E-state index is 13.3. The summed E-state index contributed by atoms with van der Waals surface area (Å²) in [5.41, 5.74) is -1.49. The van der Waals surface area contributed by atoms with E-state index >= 15 is 0 Å². The summed E-state index contributed by atoms with van der Waals surface area (Å²) in [6.45, 7) is 5.55. The zero-order valence-corrected chi connectivity index (χ0v) is 16.1. The number of benzene rings is 1. The third kappa shape index (κ3) is 2.55. The summed E-state index contributed by atoms with van der Waals surface area (Å²) in [4.78, 5) is 26.2. The van der Waals surface area contributed by atoms with Crippen molar-refractivity contribution in [3.8, 4) is 17.2 Å². The zero-order valence-electron chi connectivity index (χ0n) is 15.3. The highest BCUT2D eigenvalue weighted by molar-refractivity contribution is 6.36. The second-order valence-electron chi connectivity index (χ2n) is 6.71. The molecule has 0 N–H and O–H groups in total. The van der Waals surface area contributed by atoms with Crippen molar-refractivity contribution in [1.82, 2.24) is 0 Å². The molecule has 1 aromatic rings. The molecule has 1 heterocycles. The molecule has 3 rings (SSSR count). The molecule has 2 atom stereocenters. The van der Waals surface area contributed by atoms with E-state index < -0.39 is 23.1 Å². The standard InChI is InChI=1S/C19H21ClO6/c1-9(2)25-11-6-10(3)19(14(21)7-11)18(22)15-12(23-4)8-13(24-5)16(20)17(15)26-19/h7-10H,6H2,1-5H3/t10-,19+/m1/s1. The van der Waals surface area contributed by atoms with Crippen LogP contribution in [-0.2, 0) is 9.53 Å². The van der Waals surface area contributed by atoms with Gasteiger partial charge in [-0.1, -0.05) is 18.5 Å². The fourth-order valence-electron chi connectivity index (χ4n) is 3.47. The van der Waals surface area contributed by atoms with Crippen LogP contribution < -0.4 is 14.2 Å². The molecule has 0 amide bonds. The topological polar surface area (TPSA) is 71.1 Å². The summed E-state index contributed by atoms with van der Waals surface area (Å²) in [5.74, 6) is -0.101. The van der Waals surface area contributed by atoms with E-state index in [1.165, 1.54) is 26.4 Å². The van der Waals surface area contributed by atoms with Gasteiger partial charge in [0.25, 0.3) is 0 Å². The Morgan fingerprint density at radius 3 is 2.42 bits per heavy atom. The smallest absolute Gasteiger partial charge is 0.236 e. The SMILES string of the molecule is COc1cc(OC)c2c(c1Cl)O[C@@]1(C(=O)C=C(OC(C)C)C[C@H]1C)C2=O. The molecule has 0 radical (unpaired) electrons. The summed E-state index contributed by atoms with van der Waals surface area (Å²) in [5, 5.41) is 0.140. The van der Waals surface area contributed by atoms with Gasteiger partial charge in [-0.15, -0.1) is 0 Å². The number of ketones is 2. The summed E-state index contributed by atoms with van der Waals surface area (Å²) in [7, 11) is 2.88. The molecule has 26 heavy (non-hydrogen) atoms. The molecule has 1 aliphatic carbocycles. The number of allylic oxidation sites excluding steroid dienone is 1. The third-order valence-electron chi connectivity index (χ3n) is 4.67. The van der Waals surface area contributed by atoms with Gasteiger partial charge < -0.3 is 18.9 Å². The molecule has 0 unspecified atom stereocenters. The lowest BCUT2D eigenvalue weighted by atomic mass is 9.74. The fourth-order valence-corrected chi connectivity index (χ4v) is 3.74. The summed E-state index contributed by atoms with van der Waals surface area (Å²) < 4.78 is 22.1. The third-order valence-corrected chi connectivity index (χ3v) is 5.02. The van der Waals surface area contributed by atoms with Crippen LogP contribution in [0.15, 0.2) is 17.9 Å². The number of hydrogen-bond acceptors (Lipinski definition) is 6. The normalized spacial score (nSPS) is 24.4. The van der Waals surface area contributed by atoms with Crippen molar-refractivity contribution >= 4 is 23.2 Å². The van der Waals surface area contributed by atoms with Gasteiger partial charge in [-0.25, -0.2) is 0 Å². The van der Waals surface area contributed by atoms with Gasteiger partial charge in [-0.2, -0.15) is 0 Å². The van der Waals surface area contributed by atoms with Gasteiger partial charge in [0.2, 0.25) is 17.2 Å². The average molecular weight is 381 g/mol. The Hall–Kier alpha value is -2.21. The number of methoxy groups -OCH3 is 2. The molecule has 140 valence electrons. The Labute approximate surface area is 157 Å². The van der Waals surface area contributed by atoms with E-state index in [0.29, 0.717) is 17.9 Å². The van der Waals surface area contributed by atoms with Gasteiger partial charge in [0, 0.05) is 24.5 Å². The van der Waals surface area contributed by atoms with Crippen LogP contribution in [0.5, 0.6) is 17.2 Å². The van der Waals surface area contributed by atoms with E-state index in [0.717, 1.165) is 0 Å². The van der Waals surface area contributed by atoms with Crippen molar-refractivity contribution in [2.45, 2.75) is 38.9 Å². The minimum Gasteiger partial charge on any atom is -0.496 e. The van der Waals surface area contributed by atoms with Crippen LogP contribution in [0.3, 0.4) is 0 Å². The van der Waals surface area contributed by atoms with Crippen LogP contribution >= 0.6 is 11.6 Å². The van der Waals surface area contributed by atoms with E-state index in [1.807, 2.05) is 13.8 Å². The van der Waals surface area contributed by atoms with Crippen LogP contribution in [0, 0.1) is 5.92 Å². The number of rotatable bonds is 4. The highest BCUT2D eigenvalue weighted by Crippen LogP contribution is 2.53. The van der Waals surface area contributed by atoms with Gasteiger partial charge in [-0.3, -0.25) is 9.59 Å². The lowest BCUT2D eigenvalue weighted by molar-refractivity contribution is -0.130. The van der Waals surface area contributed by atoms with E-state index in [1.54, 1.807) is 6.92 Å². The van der Waals surface area contributed by atoms with E-state index in [-0.39, 0.29) is 28.2 Å². The van der Waals surface area contributed by atoms with Crippen LogP contribution in [0.25, 0.3) is 0 Å². The van der Waals surface area contributed by atoms with Gasteiger partial charge in [-0.05, 0) is 13.8 Å². The van der Waals surface area contributed by atoms with Crippen LogP contribution in [0.2, 0.25) is 5.02 Å². The zero-order chi connectivity index (χ0) is 19.2. The van der Waals surface area contributed by atoms with Crippen molar-refractivity contribution in [3.05, 3.63) is 28.5 Å². The summed E-state index contributed by atoms with van der Waals surface area (Å²) in [6.07, 6.45) is 1.69. The Morgan fingerprint density at radius 1 is 1.23 bits per heavy atom. The molecule has 1 aromatic carbocycles. The summed E-state index contributed by atoms with van der Waals surface area (Å²) >= 11 is 6.33. The molecule has 2 aliphatic rings. The van der Waals surface area contributed by atoms with E-state index in [2.05, 4.69) is 0 Å². The largest absolute Gasteiger partial charge is 0.496 e. The molecule has 0 aromatic heterocycles. The fraction of sp³-hybridized carbons (Fsp3) is 0.474. The molecule has 0 bridgehead atoms. The number of Topliss-reactive ketones (excluding diaryl/α,β-unsaturated/α-hetero) is 1. The Balaban J connectivity index is 2.11. The predicted molar refractivity (Wildman–Crippen MR) is 95.3 cm³/mol. The Morgan fingerprint density at radius 2 is 1.88 bits per heavy atom. The highest BCUT2D eigenvalue weighted by atomic mass is 35.5. The number of ether oxygens (including phenoxy) is 4. The van der Waals surface area contributed by atoms with Crippen molar-refractivity contribution in [1.29, 1.82) is 0 Å². The Kier molecular flexibility index (Phi) is 4.65. The number of hydrogen-bond donors (Lipinski definition) is 0. The summed E-state index contributed by atoms with van der Waals surface area (Å²) in [6, 6.07) is 1.52. The second kappa shape index (κ2) is 6.50. The van der Waals surface area contributed by atoms with Crippen LogP contribution in [0.4, 0.5) is 0 Å².